The van der Waals surface area contributed by atoms with Crippen LogP contribution >= 0.6 is 0 Å². The number of aromatic hydroxyl groups is 2. The van der Waals surface area contributed by atoms with E-state index in [1.54, 1.807) is 6.07 Å². The van der Waals surface area contributed by atoms with E-state index in [9.17, 15) is 15.0 Å². The van der Waals surface area contributed by atoms with Gasteiger partial charge in [0.2, 0.25) is 5.91 Å². The molecule has 1 aliphatic rings. The number of carbonyl (C=O) groups is 1. The van der Waals surface area contributed by atoms with E-state index >= 15 is 0 Å². The second-order valence-electron chi connectivity index (χ2n) is 5.39. The molecule has 110 valence electrons. The molecule has 1 unspecified atom stereocenters. The molecule has 1 amide bonds. The normalized spacial score (nSPS) is 20.8. The number of hydrogen-bond donors (Lipinski definition) is 4. The molecule has 0 spiro atoms. The smallest absolute Gasteiger partial charge is 0.237 e. The van der Waals surface area contributed by atoms with Gasteiger partial charge in [-0.3, -0.25) is 4.79 Å². The molecule has 0 bridgehead atoms. The molecular weight excluding hydrogens is 258 g/mol. The predicted molar refractivity (Wildman–Crippen MR) is 75.5 cm³/mol. The molecule has 6 heteroatoms. The number of nitrogens with zero attached hydrogens (tertiary/aromatic N) is 1. The van der Waals surface area contributed by atoms with Crippen molar-refractivity contribution in [3.05, 3.63) is 23.8 Å². The molecule has 5 N–H and O–H groups in total. The number of amides is 1. The van der Waals surface area contributed by atoms with Gasteiger partial charge in [-0.2, -0.15) is 0 Å². The fourth-order valence-electron chi connectivity index (χ4n) is 2.40. The van der Waals surface area contributed by atoms with Crippen LogP contribution < -0.4 is 11.1 Å². The summed E-state index contributed by atoms with van der Waals surface area (Å²) in [6, 6.07) is 3.95. The van der Waals surface area contributed by atoms with Gasteiger partial charge in [-0.15, -0.1) is 0 Å². The van der Waals surface area contributed by atoms with Crippen LogP contribution in [0.5, 0.6) is 11.5 Å². The number of nitrogens with one attached hydrogen (secondary N) is 1. The molecule has 0 aromatic heterocycles. The number of rotatable bonds is 4. The van der Waals surface area contributed by atoms with Crippen LogP contribution in [-0.4, -0.2) is 53.2 Å². The topological polar surface area (TPSA) is 98.8 Å². The Morgan fingerprint density at radius 2 is 2.25 bits per heavy atom. The monoisotopic (exact) mass is 279 g/mol. The highest BCUT2D eigenvalue weighted by atomic mass is 16.3. The fraction of sp³-hybridized carbons (Fsp3) is 0.500. The SMILES string of the molecule is CN1CCC(NC(=O)[C@@H](N)Cc2ccc(O)c(O)c2)C1. The summed E-state index contributed by atoms with van der Waals surface area (Å²) in [6.07, 6.45) is 1.26. The van der Waals surface area contributed by atoms with Crippen molar-refractivity contribution in [3.8, 4) is 11.5 Å². The number of nitrogens with two attached hydrogens (primary N) is 1. The zero-order valence-corrected chi connectivity index (χ0v) is 11.5. The van der Waals surface area contributed by atoms with Crippen LogP contribution in [0.2, 0.25) is 0 Å². The lowest BCUT2D eigenvalue weighted by Gasteiger charge is -2.17. The molecule has 0 radical (unpaired) electrons. The lowest BCUT2D eigenvalue weighted by Crippen LogP contribution is -2.47. The second kappa shape index (κ2) is 6.11. The van der Waals surface area contributed by atoms with E-state index in [0.717, 1.165) is 19.5 Å². The van der Waals surface area contributed by atoms with Crippen molar-refractivity contribution in [1.82, 2.24) is 10.2 Å². The van der Waals surface area contributed by atoms with Crippen LogP contribution in [0, 0.1) is 0 Å². The van der Waals surface area contributed by atoms with Gasteiger partial charge in [0.1, 0.15) is 0 Å². The molecule has 0 saturated carbocycles. The van der Waals surface area contributed by atoms with Gasteiger partial charge >= 0.3 is 0 Å². The highest BCUT2D eigenvalue weighted by Crippen LogP contribution is 2.25. The molecule has 1 fully saturated rings. The van der Waals surface area contributed by atoms with Crippen molar-refractivity contribution in [2.24, 2.45) is 5.73 Å². The van der Waals surface area contributed by atoms with Gasteiger partial charge in [0.15, 0.2) is 11.5 Å². The summed E-state index contributed by atoms with van der Waals surface area (Å²) in [5.74, 6) is -0.564. The molecule has 0 aliphatic carbocycles. The zero-order valence-electron chi connectivity index (χ0n) is 11.5. The number of hydrogen-bond acceptors (Lipinski definition) is 5. The first-order valence-electron chi connectivity index (χ1n) is 6.71. The van der Waals surface area contributed by atoms with E-state index in [1.165, 1.54) is 12.1 Å². The predicted octanol–water partition coefficient (Wildman–Crippen LogP) is -0.212. The number of likely N-dealkylation sites (tertiary alicyclic amines) is 1. The van der Waals surface area contributed by atoms with E-state index in [1.807, 2.05) is 7.05 Å². The number of likely N-dealkylation sites (N-methyl/N-ethyl adjacent to an activating group) is 1. The summed E-state index contributed by atoms with van der Waals surface area (Å²) < 4.78 is 0. The average Bonchev–Trinajstić information content (AvgIpc) is 2.79. The first-order valence-corrected chi connectivity index (χ1v) is 6.71. The van der Waals surface area contributed by atoms with E-state index in [0.29, 0.717) is 12.0 Å². The van der Waals surface area contributed by atoms with Crippen LogP contribution in [0.3, 0.4) is 0 Å². The van der Waals surface area contributed by atoms with Gasteiger partial charge in [0.25, 0.3) is 0 Å². The van der Waals surface area contributed by atoms with Crippen molar-refractivity contribution < 1.29 is 15.0 Å². The summed E-state index contributed by atoms with van der Waals surface area (Å²) in [7, 11) is 2.02. The van der Waals surface area contributed by atoms with E-state index in [2.05, 4.69) is 10.2 Å². The third-order valence-corrected chi connectivity index (χ3v) is 3.57. The summed E-state index contributed by atoms with van der Waals surface area (Å²) in [5, 5.41) is 21.6. The van der Waals surface area contributed by atoms with Gasteiger partial charge in [-0.1, -0.05) is 6.07 Å². The quantitative estimate of drug-likeness (QED) is 0.572. The molecule has 1 aromatic carbocycles. The molecular formula is C14H21N3O3. The lowest BCUT2D eigenvalue weighted by molar-refractivity contribution is -0.122. The molecule has 1 heterocycles. The van der Waals surface area contributed by atoms with Crippen molar-refractivity contribution in [1.29, 1.82) is 0 Å². The second-order valence-corrected chi connectivity index (χ2v) is 5.39. The molecule has 6 nitrogen and oxygen atoms in total. The van der Waals surface area contributed by atoms with Crippen LogP contribution in [0.25, 0.3) is 0 Å². The Balaban J connectivity index is 1.88. The Morgan fingerprint density at radius 1 is 1.50 bits per heavy atom. The minimum Gasteiger partial charge on any atom is -0.504 e. The molecule has 1 aromatic rings. The van der Waals surface area contributed by atoms with Crippen molar-refractivity contribution in [3.63, 3.8) is 0 Å². The Labute approximate surface area is 118 Å². The van der Waals surface area contributed by atoms with Gasteiger partial charge in [0.05, 0.1) is 6.04 Å². The molecule has 20 heavy (non-hydrogen) atoms. The van der Waals surface area contributed by atoms with Crippen LogP contribution in [0.4, 0.5) is 0 Å². The van der Waals surface area contributed by atoms with E-state index in [4.69, 9.17) is 5.73 Å². The van der Waals surface area contributed by atoms with E-state index < -0.39 is 6.04 Å². The van der Waals surface area contributed by atoms with Gasteiger partial charge < -0.3 is 26.2 Å². The van der Waals surface area contributed by atoms with Crippen molar-refractivity contribution >= 4 is 5.91 Å². The molecule has 2 rings (SSSR count). The Hall–Kier alpha value is -1.79. The average molecular weight is 279 g/mol. The highest BCUT2D eigenvalue weighted by molar-refractivity contribution is 5.82. The summed E-state index contributed by atoms with van der Waals surface area (Å²) in [5.41, 5.74) is 6.59. The zero-order chi connectivity index (χ0) is 14.7. The summed E-state index contributed by atoms with van der Waals surface area (Å²) >= 11 is 0. The first-order chi connectivity index (χ1) is 9.45. The minimum absolute atomic E-state index is 0.159. The van der Waals surface area contributed by atoms with Crippen molar-refractivity contribution in [2.45, 2.75) is 24.9 Å². The largest absolute Gasteiger partial charge is 0.504 e. The minimum atomic E-state index is -0.662. The number of benzene rings is 1. The van der Waals surface area contributed by atoms with Gasteiger partial charge in [-0.05, 0) is 44.1 Å². The Kier molecular flexibility index (Phi) is 4.46. The summed E-state index contributed by atoms with van der Waals surface area (Å²) in [6.45, 7) is 1.82. The molecule has 2 atom stereocenters. The Morgan fingerprint density at radius 3 is 2.85 bits per heavy atom. The lowest BCUT2D eigenvalue weighted by atomic mass is 10.0. The summed E-state index contributed by atoms with van der Waals surface area (Å²) in [4.78, 5) is 14.2. The Bertz CT molecular complexity index is 493. The maximum absolute atomic E-state index is 12.0. The van der Waals surface area contributed by atoms with E-state index in [-0.39, 0.29) is 23.4 Å². The van der Waals surface area contributed by atoms with Crippen LogP contribution in [0.1, 0.15) is 12.0 Å². The third-order valence-electron chi connectivity index (χ3n) is 3.57. The third kappa shape index (κ3) is 3.61. The standard InChI is InChI=1S/C14H21N3O3/c1-17-5-4-10(8-17)16-14(20)11(15)6-9-2-3-12(18)13(19)7-9/h2-3,7,10-11,18-19H,4-6,8,15H2,1H3,(H,16,20)/t10?,11-/m0/s1. The van der Waals surface area contributed by atoms with Gasteiger partial charge in [0, 0.05) is 12.6 Å². The number of carbonyl (C=O) groups excluding carboxylic acids is 1. The molecule has 1 saturated heterocycles. The molecule has 1 aliphatic heterocycles. The fourth-order valence-corrected chi connectivity index (χ4v) is 2.40. The maximum atomic E-state index is 12.0. The van der Waals surface area contributed by atoms with Crippen LogP contribution in [0.15, 0.2) is 18.2 Å². The van der Waals surface area contributed by atoms with Crippen LogP contribution in [-0.2, 0) is 11.2 Å². The maximum Gasteiger partial charge on any atom is 0.237 e. The first kappa shape index (κ1) is 14.6. The van der Waals surface area contributed by atoms with Crippen molar-refractivity contribution in [2.75, 3.05) is 20.1 Å². The highest BCUT2D eigenvalue weighted by Gasteiger charge is 2.23. The number of phenolic OH excluding ortho intramolecular Hbond substituents is 2. The number of phenols is 2. The van der Waals surface area contributed by atoms with Gasteiger partial charge in [-0.25, -0.2) is 0 Å².